The number of hydrogen-bond acceptors (Lipinski definition) is 3. The van der Waals surface area contributed by atoms with Gasteiger partial charge in [0, 0.05) is 6.42 Å². The number of benzene rings is 2. The first kappa shape index (κ1) is 19.5. The van der Waals surface area contributed by atoms with E-state index in [1.807, 2.05) is 31.2 Å². The zero-order valence-electron chi connectivity index (χ0n) is 14.5. The Bertz CT molecular complexity index is 798. The number of nitrogens with one attached hydrogen (secondary N) is 1. The minimum atomic E-state index is -1.13. The molecule has 0 aliphatic rings. The molecule has 1 atom stereocenters. The predicted molar refractivity (Wildman–Crippen MR) is 101 cm³/mol. The molecule has 0 aliphatic heterocycles. The van der Waals surface area contributed by atoms with Crippen molar-refractivity contribution < 1.29 is 19.4 Å². The number of halogens is 1. The number of methoxy groups -OCH3 is 1. The molecule has 2 aromatic rings. The first-order valence-corrected chi connectivity index (χ1v) is 8.37. The van der Waals surface area contributed by atoms with Gasteiger partial charge in [-0.25, -0.2) is 4.79 Å². The summed E-state index contributed by atoms with van der Waals surface area (Å²) in [6.07, 6.45) is 1.64. The second-order valence-electron chi connectivity index (χ2n) is 5.82. The van der Waals surface area contributed by atoms with Crippen LogP contribution in [0.2, 0.25) is 0 Å². The summed E-state index contributed by atoms with van der Waals surface area (Å²) >= 11 is 6.04. The summed E-state index contributed by atoms with van der Waals surface area (Å²) in [6, 6.07) is 13.4. The number of aryl methyl sites for hydroxylation is 1. The fourth-order valence-electron chi connectivity index (χ4n) is 2.30. The highest BCUT2D eigenvalue weighted by atomic mass is 35.5. The van der Waals surface area contributed by atoms with Gasteiger partial charge in [0.2, 0.25) is 0 Å². The van der Waals surface area contributed by atoms with Gasteiger partial charge in [-0.2, -0.15) is 0 Å². The second-order valence-corrected chi connectivity index (χ2v) is 6.23. The van der Waals surface area contributed by atoms with Gasteiger partial charge in [0.25, 0.3) is 5.91 Å². The molecule has 6 heteroatoms. The van der Waals surface area contributed by atoms with Crippen molar-refractivity contribution in [2.45, 2.75) is 19.4 Å². The minimum Gasteiger partial charge on any atom is -0.497 e. The van der Waals surface area contributed by atoms with Gasteiger partial charge in [-0.05, 0) is 36.3 Å². The van der Waals surface area contributed by atoms with Crippen molar-refractivity contribution in [2.24, 2.45) is 0 Å². The molecular weight excluding hydrogens is 354 g/mol. The number of carboxylic acids is 1. The maximum absolute atomic E-state index is 12.2. The number of carbonyl (C=O) groups is 2. The van der Waals surface area contributed by atoms with Crippen molar-refractivity contribution in [1.82, 2.24) is 5.32 Å². The Morgan fingerprint density at radius 2 is 1.77 bits per heavy atom. The van der Waals surface area contributed by atoms with E-state index in [1.54, 1.807) is 31.4 Å². The summed E-state index contributed by atoms with van der Waals surface area (Å²) in [6.45, 7) is 1.96. The molecule has 0 fully saturated rings. The molecule has 136 valence electrons. The molecule has 0 spiro atoms. The van der Waals surface area contributed by atoms with Crippen LogP contribution >= 0.6 is 11.6 Å². The molecule has 2 aromatic carbocycles. The number of ether oxygens (including phenoxy) is 1. The first-order valence-electron chi connectivity index (χ1n) is 7.99. The topological polar surface area (TPSA) is 75.6 Å². The van der Waals surface area contributed by atoms with Gasteiger partial charge < -0.3 is 15.2 Å². The maximum atomic E-state index is 12.2. The Balaban J connectivity index is 2.06. The number of carboxylic acid groups (broad SMARTS) is 1. The molecule has 0 unspecified atom stereocenters. The molecule has 26 heavy (non-hydrogen) atoms. The molecule has 0 heterocycles. The molecule has 2 N–H and O–H groups in total. The van der Waals surface area contributed by atoms with Crippen molar-refractivity contribution >= 4 is 29.6 Å². The quantitative estimate of drug-likeness (QED) is 0.729. The predicted octanol–water partition coefficient (Wildman–Crippen LogP) is 3.40. The van der Waals surface area contributed by atoms with E-state index in [0.717, 1.165) is 16.7 Å². The summed E-state index contributed by atoms with van der Waals surface area (Å²) < 4.78 is 5.07. The van der Waals surface area contributed by atoms with E-state index in [0.29, 0.717) is 5.75 Å². The summed E-state index contributed by atoms with van der Waals surface area (Å²) in [5.41, 5.74) is 2.61. The standard InChI is InChI=1S/C20H20ClNO4/c1-13-3-5-14(6-4-13)11-17(21)19(23)22-18(20(24)25)12-15-7-9-16(26-2)10-8-15/h3-11,18H,12H2,1-2H3,(H,22,23)(H,24,25)/b17-11-/t18-/m1/s1. The van der Waals surface area contributed by atoms with Gasteiger partial charge in [0.15, 0.2) is 0 Å². The van der Waals surface area contributed by atoms with Gasteiger partial charge in [-0.3, -0.25) is 4.79 Å². The molecule has 0 saturated heterocycles. The third kappa shape index (κ3) is 5.63. The Morgan fingerprint density at radius 3 is 2.31 bits per heavy atom. The molecule has 2 rings (SSSR count). The zero-order valence-corrected chi connectivity index (χ0v) is 15.3. The van der Waals surface area contributed by atoms with Crippen LogP contribution in [0.25, 0.3) is 6.08 Å². The summed E-state index contributed by atoms with van der Waals surface area (Å²) in [4.78, 5) is 23.7. The molecule has 0 saturated carbocycles. The minimum absolute atomic E-state index is 0.0742. The Morgan fingerprint density at radius 1 is 1.15 bits per heavy atom. The number of carbonyl (C=O) groups excluding carboxylic acids is 1. The monoisotopic (exact) mass is 373 g/mol. The van der Waals surface area contributed by atoms with Crippen LogP contribution in [0.1, 0.15) is 16.7 Å². The highest BCUT2D eigenvalue weighted by molar-refractivity contribution is 6.44. The number of aliphatic carboxylic acids is 1. The lowest BCUT2D eigenvalue weighted by Crippen LogP contribution is -2.42. The number of amides is 1. The average Bonchev–Trinajstić information content (AvgIpc) is 2.63. The van der Waals surface area contributed by atoms with Crippen LogP contribution < -0.4 is 10.1 Å². The second kappa shape index (κ2) is 9.06. The van der Waals surface area contributed by atoms with Crippen LogP contribution in [0, 0.1) is 6.92 Å². The van der Waals surface area contributed by atoms with E-state index in [4.69, 9.17) is 16.3 Å². The lowest BCUT2D eigenvalue weighted by molar-refractivity contribution is -0.141. The van der Waals surface area contributed by atoms with Crippen molar-refractivity contribution in [2.75, 3.05) is 7.11 Å². The maximum Gasteiger partial charge on any atom is 0.326 e. The number of rotatable bonds is 7. The van der Waals surface area contributed by atoms with E-state index >= 15 is 0 Å². The third-order valence-corrected chi connectivity index (χ3v) is 4.07. The van der Waals surface area contributed by atoms with E-state index in [9.17, 15) is 14.7 Å². The Labute approximate surface area is 157 Å². The van der Waals surface area contributed by atoms with Gasteiger partial charge in [0.05, 0.1) is 7.11 Å². The normalized spacial score (nSPS) is 12.3. The van der Waals surface area contributed by atoms with Crippen LogP contribution in [-0.2, 0) is 16.0 Å². The van der Waals surface area contributed by atoms with E-state index in [-0.39, 0.29) is 11.5 Å². The molecule has 1 amide bonds. The zero-order chi connectivity index (χ0) is 19.1. The molecule has 0 bridgehead atoms. The highest BCUT2D eigenvalue weighted by Gasteiger charge is 2.21. The van der Waals surface area contributed by atoms with E-state index in [2.05, 4.69) is 5.32 Å². The third-order valence-electron chi connectivity index (χ3n) is 3.79. The Kier molecular flexibility index (Phi) is 6.81. The van der Waals surface area contributed by atoms with E-state index < -0.39 is 17.9 Å². The van der Waals surface area contributed by atoms with Crippen LogP contribution in [0.5, 0.6) is 5.75 Å². The molecule has 0 radical (unpaired) electrons. The van der Waals surface area contributed by atoms with Crippen LogP contribution in [0.4, 0.5) is 0 Å². The van der Waals surface area contributed by atoms with Gasteiger partial charge in [-0.15, -0.1) is 0 Å². The lowest BCUT2D eigenvalue weighted by Gasteiger charge is -2.14. The van der Waals surface area contributed by atoms with Gasteiger partial charge in [-0.1, -0.05) is 53.6 Å². The van der Waals surface area contributed by atoms with Gasteiger partial charge in [0.1, 0.15) is 16.8 Å². The van der Waals surface area contributed by atoms with Crippen molar-refractivity contribution in [1.29, 1.82) is 0 Å². The molecular formula is C20H20ClNO4. The van der Waals surface area contributed by atoms with Crippen molar-refractivity contribution in [3.05, 3.63) is 70.3 Å². The van der Waals surface area contributed by atoms with Crippen molar-refractivity contribution in [3.63, 3.8) is 0 Å². The molecule has 0 aromatic heterocycles. The Hall–Kier alpha value is -2.79. The average molecular weight is 374 g/mol. The molecule has 5 nitrogen and oxygen atoms in total. The largest absolute Gasteiger partial charge is 0.497 e. The fourth-order valence-corrected chi connectivity index (χ4v) is 2.48. The number of hydrogen-bond donors (Lipinski definition) is 2. The van der Waals surface area contributed by atoms with Gasteiger partial charge >= 0.3 is 5.97 Å². The van der Waals surface area contributed by atoms with Crippen LogP contribution in [0.3, 0.4) is 0 Å². The van der Waals surface area contributed by atoms with Crippen LogP contribution in [0.15, 0.2) is 53.6 Å². The summed E-state index contributed by atoms with van der Waals surface area (Å²) in [7, 11) is 1.55. The summed E-state index contributed by atoms with van der Waals surface area (Å²) in [5.74, 6) is -1.09. The highest BCUT2D eigenvalue weighted by Crippen LogP contribution is 2.15. The first-order chi connectivity index (χ1) is 12.4. The SMILES string of the molecule is COc1ccc(C[C@@H](NC(=O)/C(Cl)=C/c2ccc(C)cc2)C(=O)O)cc1. The van der Waals surface area contributed by atoms with Crippen LogP contribution in [-0.4, -0.2) is 30.1 Å². The van der Waals surface area contributed by atoms with Crippen molar-refractivity contribution in [3.8, 4) is 5.75 Å². The summed E-state index contributed by atoms with van der Waals surface area (Å²) in [5, 5.41) is 11.8. The van der Waals surface area contributed by atoms with E-state index in [1.165, 1.54) is 6.08 Å². The fraction of sp³-hybridized carbons (Fsp3) is 0.200. The molecule has 0 aliphatic carbocycles. The lowest BCUT2D eigenvalue weighted by atomic mass is 10.1. The smallest absolute Gasteiger partial charge is 0.326 e.